The SMILES string of the molecule is O=C(c1ccncc1)C1Cc2c(Br)cccc2C1=O. The lowest BCUT2D eigenvalue weighted by Crippen LogP contribution is -2.20. The Morgan fingerprint density at radius 1 is 1.21 bits per heavy atom. The number of ketones is 2. The molecule has 0 N–H and O–H groups in total. The maximum absolute atomic E-state index is 12.4. The number of nitrogens with zero attached hydrogens (tertiary/aromatic N) is 1. The zero-order chi connectivity index (χ0) is 13.4. The van der Waals surface area contributed by atoms with Crippen molar-refractivity contribution < 1.29 is 9.59 Å². The van der Waals surface area contributed by atoms with Gasteiger partial charge in [0.15, 0.2) is 11.6 Å². The summed E-state index contributed by atoms with van der Waals surface area (Å²) in [6.07, 6.45) is 3.60. The molecule has 3 rings (SSSR count). The third-order valence-electron chi connectivity index (χ3n) is 3.39. The zero-order valence-corrected chi connectivity index (χ0v) is 11.6. The molecule has 1 heterocycles. The number of fused-ring (bicyclic) bond motifs is 1. The number of rotatable bonds is 2. The summed E-state index contributed by atoms with van der Waals surface area (Å²) in [7, 11) is 0. The molecule has 0 aliphatic heterocycles. The first kappa shape index (κ1) is 12.2. The summed E-state index contributed by atoms with van der Waals surface area (Å²) in [6.45, 7) is 0. The molecule has 1 aliphatic rings. The van der Waals surface area contributed by atoms with Gasteiger partial charge in [0.25, 0.3) is 0 Å². The topological polar surface area (TPSA) is 47.0 Å². The van der Waals surface area contributed by atoms with Crippen molar-refractivity contribution in [3.8, 4) is 0 Å². The Bertz CT molecular complexity index is 667. The Kier molecular flexibility index (Phi) is 3.03. The van der Waals surface area contributed by atoms with E-state index in [0.29, 0.717) is 17.5 Å². The molecule has 0 radical (unpaired) electrons. The Morgan fingerprint density at radius 3 is 2.63 bits per heavy atom. The minimum absolute atomic E-state index is 0.0851. The zero-order valence-electron chi connectivity index (χ0n) is 9.97. The van der Waals surface area contributed by atoms with E-state index in [0.717, 1.165) is 10.0 Å². The van der Waals surface area contributed by atoms with E-state index in [1.54, 1.807) is 30.6 Å². The molecule has 2 aromatic rings. The molecular formula is C15H10BrNO2. The Balaban J connectivity index is 1.97. The lowest BCUT2D eigenvalue weighted by Gasteiger charge is -2.06. The number of carbonyl (C=O) groups is 2. The maximum atomic E-state index is 12.4. The molecule has 1 atom stereocenters. The third-order valence-corrected chi connectivity index (χ3v) is 4.13. The van der Waals surface area contributed by atoms with E-state index in [1.807, 2.05) is 12.1 Å². The van der Waals surface area contributed by atoms with Gasteiger partial charge in [-0.25, -0.2) is 0 Å². The fourth-order valence-corrected chi connectivity index (χ4v) is 2.94. The number of aromatic nitrogens is 1. The van der Waals surface area contributed by atoms with Crippen LogP contribution in [0.25, 0.3) is 0 Å². The second-order valence-corrected chi connectivity index (χ2v) is 5.34. The van der Waals surface area contributed by atoms with Crippen LogP contribution in [-0.2, 0) is 6.42 Å². The molecule has 4 heteroatoms. The molecular weight excluding hydrogens is 306 g/mol. The average Bonchev–Trinajstić information content (AvgIpc) is 2.78. The number of halogens is 1. The Morgan fingerprint density at radius 2 is 1.95 bits per heavy atom. The van der Waals surface area contributed by atoms with Gasteiger partial charge >= 0.3 is 0 Å². The summed E-state index contributed by atoms with van der Waals surface area (Å²) in [5, 5.41) is 0. The fourth-order valence-electron chi connectivity index (χ4n) is 2.41. The first-order valence-corrected chi connectivity index (χ1v) is 6.73. The van der Waals surface area contributed by atoms with Gasteiger partial charge in [-0.2, -0.15) is 0 Å². The van der Waals surface area contributed by atoms with Crippen molar-refractivity contribution in [3.63, 3.8) is 0 Å². The van der Waals surface area contributed by atoms with Gasteiger partial charge in [0.05, 0.1) is 5.92 Å². The van der Waals surface area contributed by atoms with E-state index in [-0.39, 0.29) is 11.6 Å². The van der Waals surface area contributed by atoms with Crippen LogP contribution in [0.4, 0.5) is 0 Å². The van der Waals surface area contributed by atoms with Crippen molar-refractivity contribution >= 4 is 27.5 Å². The Labute approximate surface area is 118 Å². The number of pyridine rings is 1. The summed E-state index contributed by atoms with van der Waals surface area (Å²) < 4.78 is 0.892. The van der Waals surface area contributed by atoms with E-state index < -0.39 is 5.92 Å². The quantitative estimate of drug-likeness (QED) is 0.632. The van der Waals surface area contributed by atoms with Gasteiger partial charge in [-0.15, -0.1) is 0 Å². The van der Waals surface area contributed by atoms with Crippen molar-refractivity contribution in [2.45, 2.75) is 6.42 Å². The highest BCUT2D eigenvalue weighted by molar-refractivity contribution is 9.10. The van der Waals surface area contributed by atoms with Crippen molar-refractivity contribution in [3.05, 3.63) is 63.9 Å². The van der Waals surface area contributed by atoms with Gasteiger partial charge in [-0.3, -0.25) is 14.6 Å². The summed E-state index contributed by atoms with van der Waals surface area (Å²) in [6, 6.07) is 8.79. The normalized spacial score (nSPS) is 17.3. The van der Waals surface area contributed by atoms with Crippen molar-refractivity contribution in [1.29, 1.82) is 0 Å². The maximum Gasteiger partial charge on any atom is 0.174 e. The molecule has 0 bridgehead atoms. The van der Waals surface area contributed by atoms with Crippen LogP contribution in [0.3, 0.4) is 0 Å². The molecule has 19 heavy (non-hydrogen) atoms. The molecule has 1 aromatic carbocycles. The van der Waals surface area contributed by atoms with Crippen molar-refractivity contribution in [1.82, 2.24) is 4.98 Å². The van der Waals surface area contributed by atoms with Crippen LogP contribution in [-0.4, -0.2) is 16.6 Å². The highest BCUT2D eigenvalue weighted by Gasteiger charge is 2.36. The van der Waals surface area contributed by atoms with E-state index in [1.165, 1.54) is 0 Å². The fraction of sp³-hybridized carbons (Fsp3) is 0.133. The van der Waals surface area contributed by atoms with Crippen LogP contribution in [0, 0.1) is 5.92 Å². The lowest BCUT2D eigenvalue weighted by molar-refractivity contribution is 0.0822. The molecule has 0 spiro atoms. The second kappa shape index (κ2) is 4.70. The summed E-state index contributed by atoms with van der Waals surface area (Å²) >= 11 is 3.43. The average molecular weight is 316 g/mol. The molecule has 0 amide bonds. The first-order valence-electron chi connectivity index (χ1n) is 5.94. The van der Waals surface area contributed by atoms with Crippen LogP contribution in [0.1, 0.15) is 26.3 Å². The Hall–Kier alpha value is -1.81. The highest BCUT2D eigenvalue weighted by atomic mass is 79.9. The van der Waals surface area contributed by atoms with Gasteiger partial charge in [0.1, 0.15) is 0 Å². The summed E-state index contributed by atoms with van der Waals surface area (Å²) in [5.41, 5.74) is 2.12. The second-order valence-electron chi connectivity index (χ2n) is 4.49. The van der Waals surface area contributed by atoms with Crippen LogP contribution in [0.15, 0.2) is 47.2 Å². The van der Waals surface area contributed by atoms with Crippen LogP contribution >= 0.6 is 15.9 Å². The number of hydrogen-bond donors (Lipinski definition) is 0. The monoisotopic (exact) mass is 315 g/mol. The minimum atomic E-state index is -0.601. The summed E-state index contributed by atoms with van der Waals surface area (Å²) in [5.74, 6) is -0.815. The smallest absolute Gasteiger partial charge is 0.174 e. The largest absolute Gasteiger partial charge is 0.293 e. The van der Waals surface area contributed by atoms with Crippen molar-refractivity contribution in [2.75, 3.05) is 0 Å². The van der Waals surface area contributed by atoms with E-state index in [4.69, 9.17) is 0 Å². The third kappa shape index (κ3) is 2.02. The van der Waals surface area contributed by atoms with Crippen LogP contribution < -0.4 is 0 Å². The van der Waals surface area contributed by atoms with E-state index in [2.05, 4.69) is 20.9 Å². The standard InChI is InChI=1S/C15H10BrNO2/c16-13-3-1-2-10-11(13)8-12(15(10)19)14(18)9-4-6-17-7-5-9/h1-7,12H,8H2. The predicted octanol–water partition coefficient (Wildman–Crippen LogP) is 3.08. The molecule has 1 aliphatic carbocycles. The van der Waals surface area contributed by atoms with Gasteiger partial charge in [0.2, 0.25) is 0 Å². The molecule has 1 aromatic heterocycles. The number of Topliss-reactive ketones (excluding diaryl/α,β-unsaturated/α-hetero) is 2. The predicted molar refractivity (Wildman–Crippen MR) is 74.2 cm³/mol. The van der Waals surface area contributed by atoms with Gasteiger partial charge in [-0.05, 0) is 30.2 Å². The van der Waals surface area contributed by atoms with Crippen LogP contribution in [0.2, 0.25) is 0 Å². The first-order chi connectivity index (χ1) is 9.18. The lowest BCUT2D eigenvalue weighted by atomic mass is 9.95. The molecule has 0 saturated heterocycles. The molecule has 3 nitrogen and oxygen atoms in total. The van der Waals surface area contributed by atoms with Gasteiger partial charge < -0.3 is 0 Å². The van der Waals surface area contributed by atoms with E-state index >= 15 is 0 Å². The van der Waals surface area contributed by atoms with Crippen LogP contribution in [0.5, 0.6) is 0 Å². The van der Waals surface area contributed by atoms with Crippen molar-refractivity contribution in [2.24, 2.45) is 5.92 Å². The van der Waals surface area contributed by atoms with Gasteiger partial charge in [-0.1, -0.05) is 28.1 Å². The summed E-state index contributed by atoms with van der Waals surface area (Å²) in [4.78, 5) is 28.6. The molecule has 1 unspecified atom stereocenters. The molecule has 94 valence electrons. The molecule has 0 saturated carbocycles. The minimum Gasteiger partial charge on any atom is -0.293 e. The van der Waals surface area contributed by atoms with E-state index in [9.17, 15) is 9.59 Å². The van der Waals surface area contributed by atoms with Gasteiger partial charge in [0, 0.05) is 28.0 Å². The number of benzene rings is 1. The highest BCUT2D eigenvalue weighted by Crippen LogP contribution is 2.33. The number of carbonyl (C=O) groups excluding carboxylic acids is 2. The number of hydrogen-bond acceptors (Lipinski definition) is 3. The molecule has 0 fully saturated rings.